The monoisotopic (exact) mass is 299 g/mol. The van der Waals surface area contributed by atoms with Crippen molar-refractivity contribution >= 4 is 29.9 Å². The van der Waals surface area contributed by atoms with E-state index in [1.54, 1.807) is 6.92 Å². The summed E-state index contributed by atoms with van der Waals surface area (Å²) in [5, 5.41) is 5.28. The van der Waals surface area contributed by atoms with Crippen molar-refractivity contribution in [3.63, 3.8) is 0 Å². The van der Waals surface area contributed by atoms with Gasteiger partial charge >= 0.3 is 0 Å². The van der Waals surface area contributed by atoms with Crippen LogP contribution in [0.5, 0.6) is 0 Å². The lowest BCUT2D eigenvalue weighted by molar-refractivity contribution is -0.124. The molecule has 6 heteroatoms. The number of amides is 2. The summed E-state index contributed by atoms with van der Waals surface area (Å²) >= 11 is 0. The number of aryl methyl sites for hydroxylation is 3. The van der Waals surface area contributed by atoms with Crippen molar-refractivity contribution in [3.05, 3.63) is 28.8 Å². The Balaban J connectivity index is 0.00000361. The molecule has 1 aromatic carbocycles. The molecule has 1 aromatic rings. The number of hydrogen-bond donors (Lipinski definition) is 3. The van der Waals surface area contributed by atoms with Crippen LogP contribution in [0, 0.1) is 20.8 Å². The summed E-state index contributed by atoms with van der Waals surface area (Å²) in [6.07, 6.45) is 0. The average molecular weight is 300 g/mol. The van der Waals surface area contributed by atoms with Gasteiger partial charge in [-0.05, 0) is 38.8 Å². The molecule has 0 aliphatic heterocycles. The summed E-state index contributed by atoms with van der Waals surface area (Å²) in [5.41, 5.74) is 9.35. The van der Waals surface area contributed by atoms with Gasteiger partial charge < -0.3 is 16.4 Å². The van der Waals surface area contributed by atoms with Gasteiger partial charge in [-0.1, -0.05) is 17.7 Å². The summed E-state index contributed by atoms with van der Waals surface area (Å²) in [6.45, 7) is 7.38. The van der Waals surface area contributed by atoms with Gasteiger partial charge in [-0.15, -0.1) is 12.4 Å². The highest BCUT2D eigenvalue weighted by Crippen LogP contribution is 2.21. The number of halogens is 1. The molecule has 0 heterocycles. The molecule has 0 fully saturated rings. The minimum atomic E-state index is -0.615. The second-order valence-electron chi connectivity index (χ2n) is 4.83. The van der Waals surface area contributed by atoms with E-state index in [0.717, 1.165) is 22.4 Å². The minimum absolute atomic E-state index is 0. The fraction of sp³-hybridized carbons (Fsp3) is 0.429. The quantitative estimate of drug-likeness (QED) is 0.786. The summed E-state index contributed by atoms with van der Waals surface area (Å²) in [7, 11) is 0. The molecule has 0 saturated carbocycles. The number of anilines is 1. The van der Waals surface area contributed by atoms with Gasteiger partial charge in [-0.3, -0.25) is 9.59 Å². The molecular formula is C14H22ClN3O2. The van der Waals surface area contributed by atoms with Crippen LogP contribution in [-0.4, -0.2) is 24.4 Å². The van der Waals surface area contributed by atoms with Crippen LogP contribution < -0.4 is 16.4 Å². The van der Waals surface area contributed by atoms with Crippen LogP contribution in [0.15, 0.2) is 12.1 Å². The molecule has 112 valence electrons. The Hall–Kier alpha value is -1.59. The van der Waals surface area contributed by atoms with Crippen molar-refractivity contribution in [1.29, 1.82) is 0 Å². The van der Waals surface area contributed by atoms with Crippen molar-refractivity contribution in [3.8, 4) is 0 Å². The predicted molar refractivity (Wildman–Crippen MR) is 83.2 cm³/mol. The van der Waals surface area contributed by atoms with E-state index in [1.165, 1.54) is 0 Å². The average Bonchev–Trinajstić information content (AvgIpc) is 2.30. The van der Waals surface area contributed by atoms with Gasteiger partial charge in [0, 0.05) is 5.69 Å². The molecule has 0 spiro atoms. The molecule has 5 nitrogen and oxygen atoms in total. The Bertz CT molecular complexity index is 478. The largest absolute Gasteiger partial charge is 0.346 e. The van der Waals surface area contributed by atoms with Crippen LogP contribution in [0.25, 0.3) is 0 Å². The normalized spacial score (nSPS) is 11.2. The first-order valence-corrected chi connectivity index (χ1v) is 6.22. The highest BCUT2D eigenvalue weighted by Gasteiger charge is 2.11. The van der Waals surface area contributed by atoms with Gasteiger partial charge in [-0.25, -0.2) is 0 Å². The summed E-state index contributed by atoms with van der Waals surface area (Å²) in [6, 6.07) is 3.39. The van der Waals surface area contributed by atoms with Crippen molar-refractivity contribution in [2.24, 2.45) is 5.73 Å². The third-order valence-electron chi connectivity index (χ3n) is 2.78. The van der Waals surface area contributed by atoms with E-state index in [-0.39, 0.29) is 30.8 Å². The first-order chi connectivity index (χ1) is 8.81. The van der Waals surface area contributed by atoms with E-state index in [0.29, 0.717) is 0 Å². The second kappa shape index (κ2) is 7.87. The first kappa shape index (κ1) is 18.4. The second-order valence-corrected chi connectivity index (χ2v) is 4.83. The lowest BCUT2D eigenvalue weighted by Crippen LogP contribution is -2.42. The lowest BCUT2D eigenvalue weighted by atomic mass is 10.1. The van der Waals surface area contributed by atoms with Crippen molar-refractivity contribution in [1.82, 2.24) is 5.32 Å². The Morgan fingerprint density at radius 3 is 2.15 bits per heavy atom. The van der Waals surface area contributed by atoms with Gasteiger partial charge in [0.15, 0.2) is 0 Å². The zero-order chi connectivity index (χ0) is 14.6. The molecule has 4 N–H and O–H groups in total. The smallest absolute Gasteiger partial charge is 0.243 e. The van der Waals surface area contributed by atoms with Gasteiger partial charge in [0.1, 0.15) is 0 Å². The Morgan fingerprint density at radius 1 is 1.20 bits per heavy atom. The number of rotatable bonds is 4. The molecule has 0 saturated heterocycles. The maximum Gasteiger partial charge on any atom is 0.243 e. The van der Waals surface area contributed by atoms with Crippen LogP contribution in [0.4, 0.5) is 5.69 Å². The number of nitrogens with two attached hydrogens (primary N) is 1. The van der Waals surface area contributed by atoms with Crippen molar-refractivity contribution in [2.75, 3.05) is 11.9 Å². The van der Waals surface area contributed by atoms with Crippen molar-refractivity contribution < 1.29 is 9.59 Å². The van der Waals surface area contributed by atoms with Gasteiger partial charge in [-0.2, -0.15) is 0 Å². The number of carbonyl (C=O) groups excluding carboxylic acids is 2. The third kappa shape index (κ3) is 5.19. The molecule has 1 rings (SSSR count). The third-order valence-corrected chi connectivity index (χ3v) is 2.78. The fourth-order valence-corrected chi connectivity index (χ4v) is 1.89. The van der Waals surface area contributed by atoms with E-state index in [1.807, 2.05) is 32.9 Å². The van der Waals surface area contributed by atoms with Gasteiger partial charge in [0.25, 0.3) is 0 Å². The Kier molecular flexibility index (Phi) is 7.24. The van der Waals surface area contributed by atoms with E-state index >= 15 is 0 Å². The summed E-state index contributed by atoms with van der Waals surface area (Å²) in [5.74, 6) is -0.600. The van der Waals surface area contributed by atoms with E-state index < -0.39 is 6.04 Å². The number of hydrogen-bond acceptors (Lipinski definition) is 3. The lowest BCUT2D eigenvalue weighted by Gasteiger charge is -2.13. The number of benzene rings is 1. The standard InChI is InChI=1S/C14H21N3O2.ClH/c1-8-5-9(2)13(10(3)6-8)17-12(18)7-16-14(19)11(4)15;/h5-6,11H,7,15H2,1-4H3,(H,16,19)(H,17,18);1H. The molecule has 0 aliphatic carbocycles. The first-order valence-electron chi connectivity index (χ1n) is 6.22. The van der Waals surface area contributed by atoms with Gasteiger partial charge in [0.05, 0.1) is 12.6 Å². The molecule has 0 aliphatic rings. The molecule has 0 bridgehead atoms. The molecule has 2 amide bonds. The Labute approximate surface area is 125 Å². The molecule has 0 radical (unpaired) electrons. The van der Waals surface area contributed by atoms with E-state index in [9.17, 15) is 9.59 Å². The Morgan fingerprint density at radius 2 is 1.70 bits per heavy atom. The fourth-order valence-electron chi connectivity index (χ4n) is 1.89. The van der Waals surface area contributed by atoms with Crippen LogP contribution in [-0.2, 0) is 9.59 Å². The molecule has 0 aromatic heterocycles. The van der Waals surface area contributed by atoms with E-state index in [4.69, 9.17) is 5.73 Å². The summed E-state index contributed by atoms with van der Waals surface area (Å²) < 4.78 is 0. The molecule has 1 unspecified atom stereocenters. The maximum absolute atomic E-state index is 11.8. The van der Waals surface area contributed by atoms with E-state index in [2.05, 4.69) is 10.6 Å². The molecule has 1 atom stereocenters. The molecule has 20 heavy (non-hydrogen) atoms. The zero-order valence-electron chi connectivity index (χ0n) is 12.2. The minimum Gasteiger partial charge on any atom is -0.346 e. The zero-order valence-corrected chi connectivity index (χ0v) is 13.1. The highest BCUT2D eigenvalue weighted by atomic mass is 35.5. The predicted octanol–water partition coefficient (Wildman–Crippen LogP) is 1.44. The summed E-state index contributed by atoms with van der Waals surface area (Å²) in [4.78, 5) is 23.0. The van der Waals surface area contributed by atoms with Crippen LogP contribution in [0.2, 0.25) is 0 Å². The van der Waals surface area contributed by atoms with Crippen LogP contribution in [0.1, 0.15) is 23.6 Å². The van der Waals surface area contributed by atoms with Crippen LogP contribution in [0.3, 0.4) is 0 Å². The maximum atomic E-state index is 11.8. The SMILES string of the molecule is Cc1cc(C)c(NC(=O)CNC(=O)C(C)N)c(C)c1.Cl. The van der Waals surface area contributed by atoms with Crippen LogP contribution >= 0.6 is 12.4 Å². The molecular weight excluding hydrogens is 278 g/mol. The van der Waals surface area contributed by atoms with Gasteiger partial charge in [0.2, 0.25) is 11.8 Å². The topological polar surface area (TPSA) is 84.2 Å². The van der Waals surface area contributed by atoms with Crippen molar-refractivity contribution in [2.45, 2.75) is 33.7 Å². The number of carbonyl (C=O) groups is 2. The number of nitrogens with one attached hydrogen (secondary N) is 2. The highest BCUT2D eigenvalue weighted by molar-refractivity contribution is 5.96.